The lowest BCUT2D eigenvalue weighted by Gasteiger charge is -2.49. The molecule has 7 nitrogen and oxygen atoms in total. The van der Waals surface area contributed by atoms with E-state index in [4.69, 9.17) is 9.47 Å². The highest BCUT2D eigenvalue weighted by atomic mass is 32.1. The number of thiophene rings is 1. The van der Waals surface area contributed by atoms with Gasteiger partial charge in [-0.25, -0.2) is 4.79 Å². The van der Waals surface area contributed by atoms with Gasteiger partial charge in [-0.2, -0.15) is 0 Å². The monoisotopic (exact) mass is 453 g/mol. The molecule has 5 aliphatic heterocycles. The van der Waals surface area contributed by atoms with Gasteiger partial charge in [0.2, 0.25) is 0 Å². The molecule has 8 heteroatoms. The minimum Gasteiger partial charge on any atom is -0.439 e. The molecular formula is C24H27N3O4S. The summed E-state index contributed by atoms with van der Waals surface area (Å²) in [4.78, 5) is 32.8. The van der Waals surface area contributed by atoms with Crippen LogP contribution in [-0.4, -0.2) is 79.9 Å². The molecule has 2 aromatic rings. The second-order valence-corrected chi connectivity index (χ2v) is 10.3. The highest BCUT2D eigenvalue weighted by molar-refractivity contribution is 7.19. The van der Waals surface area contributed by atoms with E-state index in [1.807, 2.05) is 41.3 Å². The second kappa shape index (κ2) is 7.86. The number of benzene rings is 1. The number of nitrogens with zero attached hydrogens (tertiary/aromatic N) is 3. The van der Waals surface area contributed by atoms with E-state index in [1.165, 1.54) is 0 Å². The number of carbonyl (C=O) groups is 2. The molecule has 5 fully saturated rings. The number of piperidine rings is 3. The van der Waals surface area contributed by atoms with Gasteiger partial charge in [-0.05, 0) is 55.8 Å². The van der Waals surface area contributed by atoms with Crippen LogP contribution in [0.3, 0.4) is 0 Å². The Balaban J connectivity index is 1.22. The maximum atomic E-state index is 12.9. The van der Waals surface area contributed by atoms with Crippen LogP contribution in [0.1, 0.15) is 23.2 Å². The van der Waals surface area contributed by atoms with Gasteiger partial charge in [0.1, 0.15) is 10.6 Å². The third-order valence-electron chi connectivity index (χ3n) is 7.31. The van der Waals surface area contributed by atoms with Crippen molar-refractivity contribution >= 4 is 28.3 Å². The van der Waals surface area contributed by atoms with Gasteiger partial charge in [0, 0.05) is 36.0 Å². The molecule has 2 amide bonds. The highest BCUT2D eigenvalue weighted by Gasteiger charge is 2.55. The number of ether oxygens (including phenoxy) is 2. The van der Waals surface area contributed by atoms with Gasteiger partial charge in [0.25, 0.3) is 5.91 Å². The predicted molar refractivity (Wildman–Crippen MR) is 122 cm³/mol. The first kappa shape index (κ1) is 20.2. The van der Waals surface area contributed by atoms with E-state index in [0.29, 0.717) is 44.3 Å². The quantitative estimate of drug-likeness (QED) is 0.714. The van der Waals surface area contributed by atoms with E-state index in [-0.39, 0.29) is 17.6 Å². The fraction of sp³-hybridized carbons (Fsp3) is 0.500. The maximum Gasteiger partial charge on any atom is 0.415 e. The van der Waals surface area contributed by atoms with Crippen molar-refractivity contribution in [3.8, 4) is 10.4 Å². The van der Waals surface area contributed by atoms with Gasteiger partial charge in [-0.15, -0.1) is 11.3 Å². The molecule has 5 saturated heterocycles. The first-order valence-electron chi connectivity index (χ1n) is 11.4. The van der Waals surface area contributed by atoms with Gasteiger partial charge >= 0.3 is 6.09 Å². The second-order valence-electron chi connectivity index (χ2n) is 9.19. The zero-order valence-corrected chi connectivity index (χ0v) is 18.8. The molecule has 6 heterocycles. The molecule has 0 radical (unpaired) electrons. The first-order valence-corrected chi connectivity index (χ1v) is 12.2. The number of amides is 2. The Kier molecular flexibility index (Phi) is 4.97. The zero-order chi connectivity index (χ0) is 21.7. The zero-order valence-electron chi connectivity index (χ0n) is 18.0. The van der Waals surface area contributed by atoms with Gasteiger partial charge < -0.3 is 14.4 Å². The molecule has 0 unspecified atom stereocenters. The molecule has 1 atom stereocenters. The summed E-state index contributed by atoms with van der Waals surface area (Å²) >= 11 is 1.58. The van der Waals surface area contributed by atoms with Gasteiger partial charge in [-0.1, -0.05) is 12.1 Å². The van der Waals surface area contributed by atoms with Crippen LogP contribution in [0.4, 0.5) is 9.80 Å². The van der Waals surface area contributed by atoms with Gasteiger partial charge in [-0.3, -0.25) is 14.6 Å². The summed E-state index contributed by atoms with van der Waals surface area (Å²) in [6, 6.07) is 11.8. The normalized spacial score (nSPS) is 29.6. The van der Waals surface area contributed by atoms with Crippen LogP contribution in [-0.2, 0) is 9.47 Å². The summed E-state index contributed by atoms with van der Waals surface area (Å²) in [7, 11) is 0. The molecule has 0 aliphatic carbocycles. The SMILES string of the molecule is O=C(c1cccc(-c2ccc(N3C[C@@]4(CN5CCC4CC5)OC3=O)s2)c1)N1CCOCC1. The summed E-state index contributed by atoms with van der Waals surface area (Å²) < 4.78 is 11.4. The molecule has 7 rings (SSSR count). The Morgan fingerprint density at radius 2 is 1.84 bits per heavy atom. The summed E-state index contributed by atoms with van der Waals surface area (Å²) in [6.07, 6.45) is 1.99. The van der Waals surface area contributed by atoms with Crippen molar-refractivity contribution in [1.82, 2.24) is 9.80 Å². The van der Waals surface area contributed by atoms with Gasteiger partial charge in [0.05, 0.1) is 19.8 Å². The number of rotatable bonds is 3. The summed E-state index contributed by atoms with van der Waals surface area (Å²) in [6.45, 7) is 6.15. The Hall–Kier alpha value is -2.42. The number of carbonyl (C=O) groups excluding carboxylic acids is 2. The molecular weight excluding hydrogens is 426 g/mol. The van der Waals surface area contributed by atoms with Crippen molar-refractivity contribution in [1.29, 1.82) is 0 Å². The van der Waals surface area contributed by atoms with Crippen molar-refractivity contribution in [2.24, 2.45) is 5.92 Å². The van der Waals surface area contributed by atoms with Crippen LogP contribution < -0.4 is 4.90 Å². The van der Waals surface area contributed by atoms with Crippen LogP contribution in [0.25, 0.3) is 10.4 Å². The Morgan fingerprint density at radius 1 is 1.03 bits per heavy atom. The molecule has 1 aromatic carbocycles. The minimum absolute atomic E-state index is 0.0411. The molecule has 32 heavy (non-hydrogen) atoms. The van der Waals surface area contributed by atoms with E-state index in [2.05, 4.69) is 4.90 Å². The Bertz CT molecular complexity index is 1040. The number of morpholine rings is 1. The predicted octanol–water partition coefficient (Wildman–Crippen LogP) is 3.31. The summed E-state index contributed by atoms with van der Waals surface area (Å²) in [5.74, 6) is 0.503. The lowest BCUT2D eigenvalue weighted by atomic mass is 9.75. The van der Waals surface area contributed by atoms with Gasteiger partial charge in [0.15, 0.2) is 0 Å². The Morgan fingerprint density at radius 3 is 2.59 bits per heavy atom. The van der Waals surface area contributed by atoms with Crippen LogP contribution in [0, 0.1) is 5.92 Å². The van der Waals surface area contributed by atoms with E-state index >= 15 is 0 Å². The average Bonchev–Trinajstić information content (AvgIpc) is 3.45. The highest BCUT2D eigenvalue weighted by Crippen LogP contribution is 2.45. The molecule has 2 bridgehead atoms. The largest absolute Gasteiger partial charge is 0.439 e. The smallest absolute Gasteiger partial charge is 0.415 e. The maximum absolute atomic E-state index is 12.9. The molecule has 5 aliphatic rings. The van der Waals surface area contributed by atoms with Crippen molar-refractivity contribution in [3.63, 3.8) is 0 Å². The van der Waals surface area contributed by atoms with E-state index in [0.717, 1.165) is 47.9 Å². The number of hydrogen-bond donors (Lipinski definition) is 0. The average molecular weight is 454 g/mol. The standard InChI is InChI=1S/C24H27N3O4S/c28-22(26-10-12-30-13-11-26)18-3-1-2-17(14-18)20-4-5-21(32-20)27-16-24(31-23(27)29)15-25-8-6-19(24)7-9-25/h1-5,14,19H,6-13,15-16H2/t24-/m1/s1. The Labute approximate surface area is 191 Å². The van der Waals surface area contributed by atoms with Crippen molar-refractivity contribution < 1.29 is 19.1 Å². The summed E-state index contributed by atoms with van der Waals surface area (Å²) in [5.41, 5.74) is 1.32. The van der Waals surface area contributed by atoms with E-state index in [1.54, 1.807) is 16.2 Å². The van der Waals surface area contributed by atoms with Crippen molar-refractivity contribution in [3.05, 3.63) is 42.0 Å². The van der Waals surface area contributed by atoms with E-state index < -0.39 is 0 Å². The fourth-order valence-corrected chi connectivity index (χ4v) is 6.55. The number of anilines is 1. The molecule has 1 spiro atoms. The first-order chi connectivity index (χ1) is 15.6. The van der Waals surface area contributed by atoms with Crippen LogP contribution in [0.15, 0.2) is 36.4 Å². The third kappa shape index (κ3) is 3.41. The lowest BCUT2D eigenvalue weighted by molar-refractivity contribution is -0.0881. The van der Waals surface area contributed by atoms with Crippen LogP contribution >= 0.6 is 11.3 Å². The fourth-order valence-electron chi connectivity index (χ4n) is 5.56. The van der Waals surface area contributed by atoms with Crippen LogP contribution in [0.5, 0.6) is 0 Å². The number of hydrogen-bond acceptors (Lipinski definition) is 6. The summed E-state index contributed by atoms with van der Waals surface area (Å²) in [5, 5.41) is 0.906. The third-order valence-corrected chi connectivity index (χ3v) is 8.47. The molecule has 0 saturated carbocycles. The topological polar surface area (TPSA) is 62.3 Å². The number of fused-ring (bicyclic) bond motifs is 2. The lowest BCUT2D eigenvalue weighted by Crippen LogP contribution is -2.61. The van der Waals surface area contributed by atoms with Crippen LogP contribution in [0.2, 0.25) is 0 Å². The minimum atomic E-state index is -0.359. The van der Waals surface area contributed by atoms with E-state index in [9.17, 15) is 9.59 Å². The molecule has 1 aromatic heterocycles. The molecule has 168 valence electrons. The van der Waals surface area contributed by atoms with Crippen molar-refractivity contribution in [2.75, 3.05) is 57.4 Å². The molecule has 0 N–H and O–H groups in total. The van der Waals surface area contributed by atoms with Crippen molar-refractivity contribution in [2.45, 2.75) is 18.4 Å².